The highest BCUT2D eigenvalue weighted by molar-refractivity contribution is 6.32. The molecule has 2 rings (SSSR count). The van der Waals surface area contributed by atoms with Gasteiger partial charge >= 0.3 is 6.03 Å². The third-order valence-electron chi connectivity index (χ3n) is 4.04. The van der Waals surface area contributed by atoms with Crippen LogP contribution in [0, 0.1) is 0 Å². The number of hydrogen-bond acceptors (Lipinski definition) is 5. The van der Waals surface area contributed by atoms with Gasteiger partial charge in [-0.05, 0) is 47.7 Å². The molecule has 3 N–H and O–H groups in total. The van der Waals surface area contributed by atoms with Crippen LogP contribution >= 0.6 is 11.6 Å². The summed E-state index contributed by atoms with van der Waals surface area (Å²) in [5, 5.41) is 4.08. The number of ether oxygens (including phenoxy) is 3. The molecule has 30 heavy (non-hydrogen) atoms. The van der Waals surface area contributed by atoms with Crippen LogP contribution in [0.2, 0.25) is 5.02 Å². The number of nitrogens with one attached hydrogen (secondary N) is 1. The van der Waals surface area contributed by atoms with Gasteiger partial charge in [-0.15, -0.1) is 0 Å². The lowest BCUT2D eigenvalue weighted by atomic mass is 9.87. The number of amides is 2. The SMILES string of the molecule is CCOc1cc(C=NNC(N)=O)cc(Cl)c1OCCOc1ccc(C(C)(C)C)cc1. The average Bonchev–Trinajstić information content (AvgIpc) is 2.66. The van der Waals surface area contributed by atoms with Crippen molar-refractivity contribution in [1.29, 1.82) is 0 Å². The highest BCUT2D eigenvalue weighted by atomic mass is 35.5. The summed E-state index contributed by atoms with van der Waals surface area (Å²) in [6.07, 6.45) is 1.41. The molecule has 0 fully saturated rings. The van der Waals surface area contributed by atoms with Gasteiger partial charge in [0, 0.05) is 0 Å². The first kappa shape index (κ1) is 23.3. The maximum absolute atomic E-state index is 10.7. The molecule has 2 aromatic rings. The molecule has 2 amide bonds. The third kappa shape index (κ3) is 7.15. The number of carbonyl (C=O) groups is 1. The first-order chi connectivity index (χ1) is 14.2. The second kappa shape index (κ2) is 10.7. The Morgan fingerprint density at radius 1 is 1.13 bits per heavy atom. The van der Waals surface area contributed by atoms with Crippen molar-refractivity contribution in [1.82, 2.24) is 5.43 Å². The van der Waals surface area contributed by atoms with Gasteiger partial charge in [-0.3, -0.25) is 0 Å². The van der Waals surface area contributed by atoms with Crippen molar-refractivity contribution in [2.24, 2.45) is 10.8 Å². The van der Waals surface area contributed by atoms with Gasteiger partial charge in [0.2, 0.25) is 0 Å². The lowest BCUT2D eigenvalue weighted by Gasteiger charge is -2.19. The van der Waals surface area contributed by atoms with E-state index < -0.39 is 6.03 Å². The molecule has 162 valence electrons. The molecule has 0 heterocycles. The Balaban J connectivity index is 1.98. The predicted molar refractivity (Wildman–Crippen MR) is 119 cm³/mol. The summed E-state index contributed by atoms with van der Waals surface area (Å²) in [5.74, 6) is 1.67. The fourth-order valence-electron chi connectivity index (χ4n) is 2.59. The third-order valence-corrected chi connectivity index (χ3v) is 4.32. The second-order valence-corrected chi connectivity index (χ2v) is 7.88. The first-order valence-corrected chi connectivity index (χ1v) is 9.99. The summed E-state index contributed by atoms with van der Waals surface area (Å²) in [6, 6.07) is 10.6. The van der Waals surface area contributed by atoms with E-state index in [1.165, 1.54) is 11.8 Å². The molecule has 0 saturated carbocycles. The number of urea groups is 1. The molecule has 0 bridgehead atoms. The lowest BCUT2D eigenvalue weighted by molar-refractivity contribution is 0.208. The van der Waals surface area contributed by atoms with Crippen molar-refractivity contribution in [3.05, 3.63) is 52.5 Å². The number of hydrogen-bond donors (Lipinski definition) is 2. The zero-order valence-electron chi connectivity index (χ0n) is 17.7. The van der Waals surface area contributed by atoms with E-state index in [2.05, 4.69) is 43.4 Å². The molecule has 0 unspecified atom stereocenters. The maximum atomic E-state index is 10.7. The molecule has 0 aliphatic rings. The number of nitrogens with two attached hydrogens (primary N) is 1. The van der Waals surface area contributed by atoms with Gasteiger partial charge < -0.3 is 19.9 Å². The molecule has 0 radical (unpaired) electrons. The van der Waals surface area contributed by atoms with Crippen molar-refractivity contribution in [3.63, 3.8) is 0 Å². The lowest BCUT2D eigenvalue weighted by Crippen LogP contribution is -2.24. The highest BCUT2D eigenvalue weighted by Gasteiger charge is 2.14. The zero-order chi connectivity index (χ0) is 22.1. The van der Waals surface area contributed by atoms with Gasteiger partial charge in [-0.25, -0.2) is 10.2 Å². The molecule has 7 nitrogen and oxygen atoms in total. The minimum atomic E-state index is -0.754. The van der Waals surface area contributed by atoms with E-state index in [9.17, 15) is 4.79 Å². The molecule has 0 aliphatic carbocycles. The van der Waals surface area contributed by atoms with E-state index in [0.717, 1.165) is 5.75 Å². The fraction of sp³-hybridized carbons (Fsp3) is 0.364. The van der Waals surface area contributed by atoms with Crippen LogP contribution in [0.4, 0.5) is 4.79 Å². The quantitative estimate of drug-likeness (QED) is 0.346. The van der Waals surface area contributed by atoms with Gasteiger partial charge in [-0.1, -0.05) is 44.5 Å². The van der Waals surface area contributed by atoms with Gasteiger partial charge in [-0.2, -0.15) is 5.10 Å². The molecule has 8 heteroatoms. The summed E-state index contributed by atoms with van der Waals surface area (Å²) >= 11 is 6.35. The van der Waals surface area contributed by atoms with Crippen LogP contribution in [0.3, 0.4) is 0 Å². The van der Waals surface area contributed by atoms with Gasteiger partial charge in [0.15, 0.2) is 11.5 Å². The second-order valence-electron chi connectivity index (χ2n) is 7.47. The number of primary amides is 1. The summed E-state index contributed by atoms with van der Waals surface area (Å²) < 4.78 is 17.2. The number of halogens is 1. The van der Waals surface area contributed by atoms with Crippen LogP contribution in [0.5, 0.6) is 17.2 Å². The number of carbonyl (C=O) groups excluding carboxylic acids is 1. The summed E-state index contributed by atoms with van der Waals surface area (Å²) in [7, 11) is 0. The van der Waals surface area contributed by atoms with E-state index >= 15 is 0 Å². The molecule has 0 aromatic heterocycles. The standard InChI is InChI=1S/C22H28ClN3O4/c1-5-28-19-13-15(14-25-26-21(24)27)12-18(23)20(19)30-11-10-29-17-8-6-16(7-9-17)22(2,3)4/h6-9,12-14H,5,10-11H2,1-4H3,(H3,24,26,27). The van der Waals surface area contributed by atoms with Crippen LogP contribution in [0.1, 0.15) is 38.8 Å². The van der Waals surface area contributed by atoms with Crippen LogP contribution < -0.4 is 25.4 Å². The average molecular weight is 434 g/mol. The van der Waals surface area contributed by atoms with Crippen LogP contribution in [-0.4, -0.2) is 32.1 Å². The van der Waals surface area contributed by atoms with Crippen molar-refractivity contribution < 1.29 is 19.0 Å². The van der Waals surface area contributed by atoms with Crippen molar-refractivity contribution in [2.45, 2.75) is 33.1 Å². The summed E-state index contributed by atoms with van der Waals surface area (Å²) in [4.78, 5) is 10.7. The Kier molecular flexibility index (Phi) is 8.35. The Morgan fingerprint density at radius 2 is 1.80 bits per heavy atom. The van der Waals surface area contributed by atoms with Gasteiger partial charge in [0.05, 0.1) is 17.8 Å². The van der Waals surface area contributed by atoms with Gasteiger partial charge in [0.25, 0.3) is 0 Å². The molecule has 2 aromatic carbocycles. The van der Waals surface area contributed by atoms with Crippen LogP contribution in [0.15, 0.2) is 41.5 Å². The van der Waals surface area contributed by atoms with E-state index in [1.807, 2.05) is 19.1 Å². The van der Waals surface area contributed by atoms with E-state index in [0.29, 0.717) is 35.3 Å². The smallest absolute Gasteiger partial charge is 0.332 e. The maximum Gasteiger partial charge on any atom is 0.332 e. The Labute approximate surface area is 182 Å². The first-order valence-electron chi connectivity index (χ1n) is 9.61. The van der Waals surface area contributed by atoms with E-state index in [-0.39, 0.29) is 12.0 Å². The molecule has 0 spiro atoms. The number of nitrogens with zero attached hydrogens (tertiary/aromatic N) is 1. The minimum Gasteiger partial charge on any atom is -0.490 e. The van der Waals surface area contributed by atoms with Crippen molar-refractivity contribution >= 4 is 23.8 Å². The van der Waals surface area contributed by atoms with Crippen LogP contribution in [0.25, 0.3) is 0 Å². The molecular weight excluding hydrogens is 406 g/mol. The Morgan fingerprint density at radius 3 is 2.40 bits per heavy atom. The van der Waals surface area contributed by atoms with E-state index in [4.69, 9.17) is 31.5 Å². The number of benzene rings is 2. The minimum absolute atomic E-state index is 0.0981. The zero-order valence-corrected chi connectivity index (χ0v) is 18.5. The highest BCUT2D eigenvalue weighted by Crippen LogP contribution is 2.36. The molecular formula is C22H28ClN3O4. The number of hydrazone groups is 1. The summed E-state index contributed by atoms with van der Waals surface area (Å²) in [6.45, 7) is 9.44. The predicted octanol–water partition coefficient (Wildman–Crippen LogP) is 4.50. The Hall–Kier alpha value is -2.93. The van der Waals surface area contributed by atoms with Crippen LogP contribution in [-0.2, 0) is 5.41 Å². The largest absolute Gasteiger partial charge is 0.490 e. The molecule has 0 aliphatic heterocycles. The number of rotatable bonds is 9. The normalized spacial score (nSPS) is 11.4. The molecule has 0 atom stereocenters. The topological polar surface area (TPSA) is 95.2 Å². The summed E-state index contributed by atoms with van der Waals surface area (Å²) in [5.41, 5.74) is 9.07. The van der Waals surface area contributed by atoms with Gasteiger partial charge in [0.1, 0.15) is 19.0 Å². The Bertz CT molecular complexity index is 877. The monoisotopic (exact) mass is 433 g/mol. The van der Waals surface area contributed by atoms with Crippen molar-refractivity contribution in [3.8, 4) is 17.2 Å². The van der Waals surface area contributed by atoms with E-state index in [1.54, 1.807) is 12.1 Å². The molecule has 0 saturated heterocycles. The fourth-order valence-corrected chi connectivity index (χ4v) is 2.86. The van der Waals surface area contributed by atoms with Crippen molar-refractivity contribution in [2.75, 3.05) is 19.8 Å².